The number of nitrogens with zero attached hydrogens (tertiary/aromatic N) is 1. The van der Waals surface area contributed by atoms with Crippen molar-refractivity contribution >= 4 is 17.7 Å². The summed E-state index contributed by atoms with van der Waals surface area (Å²) in [5, 5.41) is 2.98. The molecule has 2 saturated carbocycles. The normalized spacial score (nSPS) is 18.1. The maximum atomic E-state index is 14.4. The Kier molecular flexibility index (Phi) is 8.32. The van der Waals surface area contributed by atoms with Crippen LogP contribution in [-0.2, 0) is 11.6 Å². The number of amides is 1. The van der Waals surface area contributed by atoms with Gasteiger partial charge < -0.3 is 26.3 Å². The average molecular weight is 643 g/mol. The summed E-state index contributed by atoms with van der Waals surface area (Å²) < 4.78 is 80.3. The Balaban J connectivity index is 1.34. The smallest absolute Gasteiger partial charge is 0.416 e. The first kappa shape index (κ1) is 31.6. The molecule has 0 saturated heterocycles. The number of pyridine rings is 1. The number of nitrogen functional groups attached to an aromatic ring is 1. The minimum Gasteiger partial charge on any atom is -0.490 e. The molecule has 2 aromatic carbocycles. The van der Waals surface area contributed by atoms with Gasteiger partial charge in [-0.3, -0.25) is 4.79 Å². The Morgan fingerprint density at radius 2 is 1.83 bits per heavy atom. The number of nitrogens with one attached hydrogen (secondary N) is 1. The molecule has 6 rings (SSSR count). The monoisotopic (exact) mass is 642 g/mol. The van der Waals surface area contributed by atoms with E-state index in [1.165, 1.54) is 12.1 Å². The molecule has 0 spiro atoms. The van der Waals surface area contributed by atoms with Gasteiger partial charge in [0, 0.05) is 46.1 Å². The average Bonchev–Trinajstić information content (AvgIpc) is 3.97. The molecule has 1 unspecified atom stereocenters. The van der Waals surface area contributed by atoms with Crippen LogP contribution in [0, 0.1) is 5.92 Å². The van der Waals surface area contributed by atoms with Crippen molar-refractivity contribution in [2.24, 2.45) is 11.7 Å². The van der Waals surface area contributed by atoms with Crippen molar-refractivity contribution < 1.29 is 36.2 Å². The van der Waals surface area contributed by atoms with Crippen LogP contribution in [0.2, 0.25) is 0 Å². The second-order valence-electron chi connectivity index (χ2n) is 12.5. The molecular formula is C34H35F5N4O3. The first-order chi connectivity index (χ1) is 21.9. The van der Waals surface area contributed by atoms with Crippen LogP contribution in [0.5, 0.6) is 11.5 Å². The fourth-order valence-electron chi connectivity index (χ4n) is 5.76. The van der Waals surface area contributed by atoms with Gasteiger partial charge in [0.2, 0.25) is 0 Å². The largest absolute Gasteiger partial charge is 0.490 e. The number of carbonyl (C=O) groups is 1. The molecule has 1 aliphatic heterocycles. The number of ether oxygens (including phenoxy) is 2. The third-order valence-electron chi connectivity index (χ3n) is 8.75. The lowest BCUT2D eigenvalue weighted by Gasteiger charge is -2.23. The predicted octanol–water partition coefficient (Wildman–Crippen LogP) is 6.70. The van der Waals surface area contributed by atoms with Crippen LogP contribution < -0.4 is 26.3 Å². The first-order valence-corrected chi connectivity index (χ1v) is 15.2. The van der Waals surface area contributed by atoms with Crippen LogP contribution in [0.1, 0.15) is 71.3 Å². The molecule has 7 nitrogen and oxygen atoms in total. The zero-order valence-corrected chi connectivity index (χ0v) is 25.2. The minimum absolute atomic E-state index is 0.0464. The number of hydrogen-bond donors (Lipinski definition) is 3. The molecule has 0 radical (unpaired) electrons. The van der Waals surface area contributed by atoms with Crippen molar-refractivity contribution in [2.45, 2.75) is 56.2 Å². The Bertz CT molecular complexity index is 1660. The van der Waals surface area contributed by atoms with Crippen LogP contribution in [0.15, 0.2) is 48.2 Å². The standard InChI is InChI=1S/C34H35F5N4O3/c1-18(40)10-21-11-22(12-28(29(21)41)46-24-8-9-24)32(44)42-14-25(19-2-3-19)27-13-26-31(45-17-33(26,15-35)16-36)30(43-27)20-4-6-23(7-5-20)34(37,38)39/h4-7,10-13,19,24-25H,2-3,8-9,14-17,40-41H2,1H3,(H,42,44)/b18-10-. The van der Waals surface area contributed by atoms with Crippen LogP contribution >= 0.6 is 0 Å². The molecule has 2 fully saturated rings. The van der Waals surface area contributed by atoms with Gasteiger partial charge in [-0.25, -0.2) is 13.8 Å². The highest BCUT2D eigenvalue weighted by Gasteiger charge is 2.45. The lowest BCUT2D eigenvalue weighted by Crippen LogP contribution is -2.33. The summed E-state index contributed by atoms with van der Waals surface area (Å²) in [6.45, 7) is -0.454. The first-order valence-electron chi connectivity index (χ1n) is 15.2. The molecule has 1 atom stereocenters. The Morgan fingerprint density at radius 1 is 1.13 bits per heavy atom. The van der Waals surface area contributed by atoms with Gasteiger partial charge in [0.1, 0.15) is 37.1 Å². The molecule has 1 aromatic heterocycles. The number of rotatable bonds is 11. The molecule has 12 heteroatoms. The minimum atomic E-state index is -4.53. The molecule has 3 aromatic rings. The van der Waals surface area contributed by atoms with E-state index < -0.39 is 30.5 Å². The number of anilines is 1. The van der Waals surface area contributed by atoms with Crippen LogP contribution in [-0.4, -0.2) is 43.5 Å². The highest BCUT2D eigenvalue weighted by Crippen LogP contribution is 2.49. The summed E-state index contributed by atoms with van der Waals surface area (Å²) in [5.74, 6) is -0.0289. The Morgan fingerprint density at radius 3 is 2.41 bits per heavy atom. The highest BCUT2D eigenvalue weighted by molar-refractivity contribution is 5.96. The topological polar surface area (TPSA) is 112 Å². The lowest BCUT2D eigenvalue weighted by atomic mass is 9.83. The molecule has 0 bridgehead atoms. The van der Waals surface area contributed by atoms with Gasteiger partial charge in [0.15, 0.2) is 0 Å². The zero-order chi connectivity index (χ0) is 32.8. The molecule has 1 amide bonds. The van der Waals surface area contributed by atoms with Gasteiger partial charge in [-0.2, -0.15) is 13.2 Å². The van der Waals surface area contributed by atoms with Crippen molar-refractivity contribution in [3.8, 4) is 22.8 Å². The number of aromatic nitrogens is 1. The van der Waals surface area contributed by atoms with E-state index >= 15 is 0 Å². The lowest BCUT2D eigenvalue weighted by molar-refractivity contribution is -0.137. The van der Waals surface area contributed by atoms with Crippen molar-refractivity contribution in [1.82, 2.24) is 10.3 Å². The number of nitrogens with two attached hydrogens (primary N) is 2. The van der Waals surface area contributed by atoms with E-state index in [9.17, 15) is 26.7 Å². The second-order valence-corrected chi connectivity index (χ2v) is 12.5. The maximum absolute atomic E-state index is 14.4. The fraction of sp³-hybridized carbons (Fsp3) is 0.412. The van der Waals surface area contributed by atoms with E-state index in [0.717, 1.165) is 37.8 Å². The van der Waals surface area contributed by atoms with Gasteiger partial charge in [0.05, 0.1) is 22.8 Å². The fourth-order valence-corrected chi connectivity index (χ4v) is 5.76. The number of alkyl halides is 5. The molecule has 3 aliphatic rings. The van der Waals surface area contributed by atoms with Crippen molar-refractivity contribution in [3.63, 3.8) is 0 Å². The summed E-state index contributed by atoms with van der Waals surface area (Å²) in [6, 6.07) is 9.28. The van der Waals surface area contributed by atoms with Crippen LogP contribution in [0.4, 0.5) is 27.6 Å². The number of halogens is 5. The summed E-state index contributed by atoms with van der Waals surface area (Å²) in [7, 11) is 0. The zero-order valence-electron chi connectivity index (χ0n) is 25.2. The van der Waals surface area contributed by atoms with Gasteiger partial charge in [-0.15, -0.1) is 0 Å². The highest BCUT2D eigenvalue weighted by atomic mass is 19.4. The van der Waals surface area contributed by atoms with Gasteiger partial charge >= 0.3 is 6.18 Å². The third kappa shape index (κ3) is 6.34. The molecule has 244 valence electrons. The number of benzene rings is 2. The van der Waals surface area contributed by atoms with Crippen LogP contribution in [0.3, 0.4) is 0 Å². The molecular weight excluding hydrogens is 607 g/mol. The second kappa shape index (κ2) is 12.1. The summed E-state index contributed by atoms with van der Waals surface area (Å²) in [6.07, 6.45) is 0.696. The number of fused-ring (bicyclic) bond motifs is 1. The molecule has 46 heavy (non-hydrogen) atoms. The maximum Gasteiger partial charge on any atom is 0.416 e. The predicted molar refractivity (Wildman–Crippen MR) is 164 cm³/mol. The number of allylic oxidation sites excluding steroid dienone is 1. The van der Waals surface area contributed by atoms with Gasteiger partial charge in [0.25, 0.3) is 5.91 Å². The van der Waals surface area contributed by atoms with E-state index in [-0.39, 0.29) is 54.0 Å². The van der Waals surface area contributed by atoms with Crippen molar-refractivity contribution in [3.05, 3.63) is 76.1 Å². The number of carbonyl (C=O) groups excluding carboxylic acids is 1. The number of hydrogen-bond acceptors (Lipinski definition) is 6. The van der Waals surface area contributed by atoms with Gasteiger partial charge in [-0.1, -0.05) is 12.1 Å². The van der Waals surface area contributed by atoms with E-state index in [2.05, 4.69) is 5.32 Å². The molecule has 2 heterocycles. The van der Waals surface area contributed by atoms with Crippen molar-refractivity contribution in [2.75, 3.05) is 32.2 Å². The summed E-state index contributed by atoms with van der Waals surface area (Å²) in [5.41, 5.74) is 12.9. The van der Waals surface area contributed by atoms with Crippen LogP contribution in [0.25, 0.3) is 17.3 Å². The SMILES string of the molecule is C/C(N)=C/c1cc(C(=O)NCC(c2cc3c(c(-c4ccc(C(F)(F)F)cc4)n2)OCC3(CF)CF)C2CC2)cc(OC2CC2)c1N. The summed E-state index contributed by atoms with van der Waals surface area (Å²) in [4.78, 5) is 18.3. The molecule has 2 aliphatic carbocycles. The van der Waals surface area contributed by atoms with E-state index in [4.69, 9.17) is 25.9 Å². The third-order valence-corrected chi connectivity index (χ3v) is 8.75. The Hall–Kier alpha value is -4.35. The van der Waals surface area contributed by atoms with E-state index in [1.807, 2.05) is 0 Å². The van der Waals surface area contributed by atoms with Gasteiger partial charge in [-0.05, 0) is 74.9 Å². The summed E-state index contributed by atoms with van der Waals surface area (Å²) >= 11 is 0. The quantitative estimate of drug-likeness (QED) is 0.159. The van der Waals surface area contributed by atoms with Crippen molar-refractivity contribution in [1.29, 1.82) is 0 Å². The Labute approximate surface area is 263 Å². The van der Waals surface area contributed by atoms with E-state index in [1.54, 1.807) is 31.2 Å². The molecule has 5 N–H and O–H groups in total. The van der Waals surface area contributed by atoms with E-state index in [0.29, 0.717) is 39.5 Å².